The van der Waals surface area contributed by atoms with E-state index in [4.69, 9.17) is 4.74 Å². The SMILES string of the molecule is CCOc1ccccc1NC(=O)C(=O)NCC1CCN(Cc2cccs2)CC1. The first-order chi connectivity index (χ1) is 13.7. The summed E-state index contributed by atoms with van der Waals surface area (Å²) in [5, 5.41) is 7.51. The Hall–Kier alpha value is -2.38. The van der Waals surface area contributed by atoms with Gasteiger partial charge in [0.1, 0.15) is 5.75 Å². The molecule has 3 rings (SSSR count). The first kappa shape index (κ1) is 20.4. The smallest absolute Gasteiger partial charge is 0.313 e. The summed E-state index contributed by atoms with van der Waals surface area (Å²) in [6, 6.07) is 11.4. The van der Waals surface area contributed by atoms with Crippen molar-refractivity contribution in [2.24, 2.45) is 5.92 Å². The molecule has 1 aromatic heterocycles. The number of anilines is 1. The number of likely N-dealkylation sites (tertiary alicyclic amines) is 1. The van der Waals surface area contributed by atoms with E-state index >= 15 is 0 Å². The van der Waals surface area contributed by atoms with Crippen molar-refractivity contribution in [3.05, 3.63) is 46.7 Å². The van der Waals surface area contributed by atoms with Gasteiger partial charge in [0.15, 0.2) is 0 Å². The van der Waals surface area contributed by atoms with Crippen molar-refractivity contribution in [1.82, 2.24) is 10.2 Å². The summed E-state index contributed by atoms with van der Waals surface area (Å²) in [7, 11) is 0. The molecule has 0 bridgehead atoms. The lowest BCUT2D eigenvalue weighted by Crippen LogP contribution is -2.41. The average Bonchev–Trinajstić information content (AvgIpc) is 3.22. The van der Waals surface area contributed by atoms with Gasteiger partial charge < -0.3 is 15.4 Å². The highest BCUT2D eigenvalue weighted by Gasteiger charge is 2.22. The van der Waals surface area contributed by atoms with E-state index in [0.29, 0.717) is 30.5 Å². The van der Waals surface area contributed by atoms with Gasteiger partial charge in [-0.15, -0.1) is 11.3 Å². The zero-order valence-corrected chi connectivity index (χ0v) is 17.0. The average molecular weight is 402 g/mol. The molecule has 2 heterocycles. The van der Waals surface area contributed by atoms with Gasteiger partial charge in [-0.2, -0.15) is 0 Å². The fourth-order valence-corrected chi connectivity index (χ4v) is 4.07. The molecule has 0 unspecified atom stereocenters. The number of piperidine rings is 1. The van der Waals surface area contributed by atoms with Gasteiger partial charge in [-0.3, -0.25) is 14.5 Å². The Kier molecular flexibility index (Phi) is 7.45. The number of benzene rings is 1. The fourth-order valence-electron chi connectivity index (χ4n) is 3.32. The van der Waals surface area contributed by atoms with E-state index in [-0.39, 0.29) is 0 Å². The lowest BCUT2D eigenvalue weighted by molar-refractivity contribution is -0.136. The van der Waals surface area contributed by atoms with Gasteiger partial charge >= 0.3 is 11.8 Å². The second kappa shape index (κ2) is 10.2. The molecule has 0 spiro atoms. The van der Waals surface area contributed by atoms with Gasteiger partial charge in [0, 0.05) is 18.0 Å². The van der Waals surface area contributed by atoms with Crippen LogP contribution in [0, 0.1) is 5.92 Å². The number of carbonyl (C=O) groups excluding carboxylic acids is 2. The second-order valence-corrected chi connectivity index (χ2v) is 7.92. The molecule has 1 aliphatic heterocycles. The first-order valence-corrected chi connectivity index (χ1v) is 10.6. The molecule has 0 aliphatic carbocycles. The first-order valence-electron chi connectivity index (χ1n) is 9.71. The van der Waals surface area contributed by atoms with Crippen LogP contribution in [0.1, 0.15) is 24.6 Å². The van der Waals surface area contributed by atoms with Gasteiger partial charge in [-0.1, -0.05) is 18.2 Å². The summed E-state index contributed by atoms with van der Waals surface area (Å²) < 4.78 is 5.47. The van der Waals surface area contributed by atoms with Crippen molar-refractivity contribution < 1.29 is 14.3 Å². The van der Waals surface area contributed by atoms with Gasteiger partial charge in [0.25, 0.3) is 0 Å². The van der Waals surface area contributed by atoms with E-state index in [1.807, 2.05) is 13.0 Å². The van der Waals surface area contributed by atoms with Crippen LogP contribution in [0.4, 0.5) is 5.69 Å². The minimum Gasteiger partial charge on any atom is -0.492 e. The van der Waals surface area contributed by atoms with Crippen LogP contribution in [0.5, 0.6) is 5.75 Å². The minimum absolute atomic E-state index is 0.409. The van der Waals surface area contributed by atoms with Gasteiger partial charge in [0.05, 0.1) is 12.3 Å². The Morgan fingerprint density at radius 2 is 1.93 bits per heavy atom. The Labute approximate surface area is 169 Å². The lowest BCUT2D eigenvalue weighted by Gasteiger charge is -2.31. The standard InChI is InChI=1S/C21H27N3O3S/c1-2-27-19-8-4-3-7-18(19)23-21(26)20(25)22-14-16-9-11-24(12-10-16)15-17-6-5-13-28-17/h3-8,13,16H,2,9-12,14-15H2,1H3,(H,22,25)(H,23,26). The maximum Gasteiger partial charge on any atom is 0.313 e. The van der Waals surface area contributed by atoms with Crippen LogP contribution in [-0.4, -0.2) is 43.0 Å². The van der Waals surface area contributed by atoms with E-state index < -0.39 is 11.8 Å². The molecule has 7 heteroatoms. The Morgan fingerprint density at radius 3 is 2.64 bits per heavy atom. The van der Waals surface area contributed by atoms with Crippen LogP contribution in [0.2, 0.25) is 0 Å². The topological polar surface area (TPSA) is 70.7 Å². The van der Waals surface area contributed by atoms with Crippen molar-refractivity contribution >= 4 is 28.8 Å². The maximum absolute atomic E-state index is 12.2. The highest BCUT2D eigenvalue weighted by atomic mass is 32.1. The predicted molar refractivity (Wildman–Crippen MR) is 112 cm³/mol. The number of carbonyl (C=O) groups is 2. The zero-order valence-electron chi connectivity index (χ0n) is 16.1. The fraction of sp³-hybridized carbons (Fsp3) is 0.429. The molecule has 2 N–H and O–H groups in total. The molecule has 0 atom stereocenters. The van der Waals surface area contributed by atoms with Crippen LogP contribution < -0.4 is 15.4 Å². The van der Waals surface area contributed by atoms with Gasteiger partial charge in [0.2, 0.25) is 0 Å². The molecule has 2 amide bonds. The third-order valence-electron chi connectivity index (χ3n) is 4.86. The van der Waals surface area contributed by atoms with E-state index in [0.717, 1.165) is 32.5 Å². The molecule has 1 aliphatic rings. The summed E-state index contributed by atoms with van der Waals surface area (Å²) in [6.07, 6.45) is 2.06. The van der Waals surface area contributed by atoms with Gasteiger partial charge in [-0.25, -0.2) is 0 Å². The number of thiophene rings is 1. The molecule has 0 saturated carbocycles. The quantitative estimate of drug-likeness (QED) is 0.700. The largest absolute Gasteiger partial charge is 0.492 e. The molecular weight excluding hydrogens is 374 g/mol. The van der Waals surface area contributed by atoms with Crippen LogP contribution in [-0.2, 0) is 16.1 Å². The number of amides is 2. The van der Waals surface area contributed by atoms with Crippen molar-refractivity contribution in [3.8, 4) is 5.75 Å². The predicted octanol–water partition coefficient (Wildman–Crippen LogP) is 3.11. The van der Waals surface area contributed by atoms with Gasteiger partial charge in [-0.05, 0) is 62.4 Å². The molecule has 1 fully saturated rings. The Balaban J connectivity index is 1.40. The summed E-state index contributed by atoms with van der Waals surface area (Å²) >= 11 is 1.79. The number of nitrogens with zero attached hydrogens (tertiary/aromatic N) is 1. The van der Waals surface area contributed by atoms with Crippen molar-refractivity contribution in [3.63, 3.8) is 0 Å². The van der Waals surface area contributed by atoms with Crippen molar-refractivity contribution in [2.75, 3.05) is 31.6 Å². The molecule has 0 radical (unpaired) electrons. The Morgan fingerprint density at radius 1 is 1.14 bits per heavy atom. The zero-order chi connectivity index (χ0) is 19.8. The highest BCUT2D eigenvalue weighted by Crippen LogP contribution is 2.23. The van der Waals surface area contributed by atoms with Crippen LogP contribution >= 0.6 is 11.3 Å². The van der Waals surface area contributed by atoms with E-state index in [1.54, 1.807) is 29.5 Å². The van der Waals surface area contributed by atoms with Crippen LogP contribution in [0.15, 0.2) is 41.8 Å². The van der Waals surface area contributed by atoms with E-state index in [2.05, 4.69) is 33.0 Å². The molecule has 6 nitrogen and oxygen atoms in total. The third-order valence-corrected chi connectivity index (χ3v) is 5.72. The van der Waals surface area contributed by atoms with Crippen molar-refractivity contribution in [2.45, 2.75) is 26.3 Å². The third kappa shape index (κ3) is 5.81. The number of hydrogen-bond acceptors (Lipinski definition) is 5. The molecule has 1 saturated heterocycles. The number of nitrogens with one attached hydrogen (secondary N) is 2. The van der Waals surface area contributed by atoms with Crippen molar-refractivity contribution in [1.29, 1.82) is 0 Å². The highest BCUT2D eigenvalue weighted by molar-refractivity contribution is 7.09. The normalized spacial score (nSPS) is 15.2. The second-order valence-electron chi connectivity index (χ2n) is 6.89. The summed E-state index contributed by atoms with van der Waals surface area (Å²) in [5.41, 5.74) is 0.506. The molecular formula is C21H27N3O3S. The Bertz CT molecular complexity index is 771. The molecule has 28 heavy (non-hydrogen) atoms. The number of para-hydroxylation sites is 2. The molecule has 150 valence electrons. The number of rotatable bonds is 7. The van der Waals surface area contributed by atoms with E-state index in [9.17, 15) is 9.59 Å². The lowest BCUT2D eigenvalue weighted by atomic mass is 9.97. The van der Waals surface area contributed by atoms with Crippen LogP contribution in [0.3, 0.4) is 0 Å². The molecule has 2 aromatic rings. The van der Waals surface area contributed by atoms with Crippen LogP contribution in [0.25, 0.3) is 0 Å². The monoisotopic (exact) mass is 401 g/mol. The maximum atomic E-state index is 12.2. The summed E-state index contributed by atoms with van der Waals surface area (Å²) in [4.78, 5) is 28.2. The van der Waals surface area contributed by atoms with E-state index in [1.165, 1.54) is 4.88 Å². The summed E-state index contributed by atoms with van der Waals surface area (Å²) in [6.45, 7) is 5.94. The number of ether oxygens (including phenoxy) is 1. The summed E-state index contributed by atoms with van der Waals surface area (Å²) in [5.74, 6) is -0.300. The number of hydrogen-bond donors (Lipinski definition) is 2. The minimum atomic E-state index is -0.665. The molecule has 1 aromatic carbocycles.